The maximum Gasteiger partial charge on any atom is 0.316 e. The van der Waals surface area contributed by atoms with Crippen molar-refractivity contribution < 1.29 is 14.3 Å². The van der Waals surface area contributed by atoms with E-state index >= 15 is 0 Å². The summed E-state index contributed by atoms with van der Waals surface area (Å²) in [7, 11) is 0. The quantitative estimate of drug-likeness (QED) is 0.812. The van der Waals surface area contributed by atoms with Crippen molar-refractivity contribution in [2.24, 2.45) is 0 Å². The number of benzene rings is 1. The average Bonchev–Trinajstić information content (AvgIpc) is 2.44. The van der Waals surface area contributed by atoms with Crippen LogP contribution in [0.1, 0.15) is 18.2 Å². The summed E-state index contributed by atoms with van der Waals surface area (Å²) in [5, 5.41) is 15.8. The van der Waals surface area contributed by atoms with E-state index in [1.165, 1.54) is 19.1 Å². The summed E-state index contributed by atoms with van der Waals surface area (Å²) < 4.78 is 12.8. The Bertz CT molecular complexity index is 703. The Balaban J connectivity index is 2.14. The first-order valence-electron chi connectivity index (χ1n) is 6.05. The lowest BCUT2D eigenvalue weighted by Crippen LogP contribution is -2.20. The van der Waals surface area contributed by atoms with Crippen LogP contribution in [0.15, 0.2) is 34.2 Å². The number of carbonyl (C=O) groups is 1. The number of nitrogens with one attached hydrogen (secondary N) is 1. The Morgan fingerprint density at radius 1 is 1.38 bits per heavy atom. The van der Waals surface area contributed by atoms with E-state index in [-0.39, 0.29) is 23.1 Å². The van der Waals surface area contributed by atoms with Gasteiger partial charge in [-0.15, -0.1) is 10.2 Å². The number of aromatic nitrogens is 3. The molecule has 0 aliphatic heterocycles. The summed E-state index contributed by atoms with van der Waals surface area (Å²) in [6.45, 7) is 1.49. The van der Waals surface area contributed by atoms with E-state index in [0.29, 0.717) is 0 Å². The van der Waals surface area contributed by atoms with Crippen molar-refractivity contribution in [3.05, 3.63) is 51.7 Å². The first-order chi connectivity index (χ1) is 9.95. The largest absolute Gasteiger partial charge is 0.480 e. The number of hydrogen-bond donors (Lipinski definition) is 2. The van der Waals surface area contributed by atoms with Gasteiger partial charge >= 0.3 is 5.97 Å². The second-order valence-corrected chi connectivity index (χ2v) is 5.64. The molecule has 21 heavy (non-hydrogen) atoms. The van der Waals surface area contributed by atoms with Crippen molar-refractivity contribution in [1.82, 2.24) is 15.2 Å². The molecule has 1 aromatic heterocycles. The van der Waals surface area contributed by atoms with Crippen LogP contribution in [-0.4, -0.2) is 31.5 Å². The summed E-state index contributed by atoms with van der Waals surface area (Å²) in [4.78, 5) is 25.1. The molecule has 1 atom stereocenters. The lowest BCUT2D eigenvalue weighted by atomic mass is 10.1. The van der Waals surface area contributed by atoms with Gasteiger partial charge in [0.25, 0.3) is 5.56 Å². The van der Waals surface area contributed by atoms with Crippen LogP contribution >= 0.6 is 11.8 Å². The lowest BCUT2D eigenvalue weighted by Gasteiger charge is -2.05. The molecule has 1 aromatic carbocycles. The Labute approximate surface area is 123 Å². The standard InChI is InChI=1S/C13H12FN3O3S/c1-7(12(19)20)21-13-15-11(18)10(16-17-13)6-8-2-4-9(14)5-3-8/h2-5,7H,6H2,1H3,(H,19,20)(H,15,17,18). The summed E-state index contributed by atoms with van der Waals surface area (Å²) in [6, 6.07) is 5.72. The third-order valence-corrected chi connectivity index (χ3v) is 3.63. The molecular formula is C13H12FN3O3S. The molecule has 0 aliphatic rings. The molecular weight excluding hydrogens is 297 g/mol. The van der Waals surface area contributed by atoms with Crippen LogP contribution in [0.3, 0.4) is 0 Å². The van der Waals surface area contributed by atoms with E-state index in [4.69, 9.17) is 5.11 Å². The molecule has 2 aromatic rings. The van der Waals surface area contributed by atoms with Gasteiger partial charge in [0.1, 0.15) is 16.8 Å². The van der Waals surface area contributed by atoms with E-state index in [9.17, 15) is 14.0 Å². The molecule has 2 N–H and O–H groups in total. The van der Waals surface area contributed by atoms with E-state index in [1.807, 2.05) is 0 Å². The fourth-order valence-electron chi connectivity index (χ4n) is 1.53. The van der Waals surface area contributed by atoms with E-state index in [2.05, 4.69) is 15.2 Å². The number of aliphatic carboxylic acids is 1. The molecule has 2 rings (SSSR count). The molecule has 0 fully saturated rings. The highest BCUT2D eigenvalue weighted by Crippen LogP contribution is 2.17. The Kier molecular flexibility index (Phi) is 4.69. The molecule has 0 aliphatic carbocycles. The van der Waals surface area contributed by atoms with E-state index in [0.717, 1.165) is 17.3 Å². The molecule has 0 radical (unpaired) electrons. The van der Waals surface area contributed by atoms with E-state index < -0.39 is 16.8 Å². The lowest BCUT2D eigenvalue weighted by molar-refractivity contribution is -0.136. The molecule has 0 bridgehead atoms. The van der Waals surface area contributed by atoms with Gasteiger partial charge < -0.3 is 5.11 Å². The zero-order valence-electron chi connectivity index (χ0n) is 11.0. The molecule has 0 amide bonds. The van der Waals surface area contributed by atoms with Gasteiger partial charge in [-0.1, -0.05) is 23.9 Å². The highest BCUT2D eigenvalue weighted by atomic mass is 32.2. The fourth-order valence-corrected chi connectivity index (χ4v) is 2.20. The van der Waals surface area contributed by atoms with Crippen LogP contribution in [0.4, 0.5) is 4.39 Å². The smallest absolute Gasteiger partial charge is 0.316 e. The Morgan fingerprint density at radius 3 is 2.62 bits per heavy atom. The second-order valence-electron chi connectivity index (χ2n) is 4.31. The van der Waals surface area contributed by atoms with Crippen molar-refractivity contribution in [2.45, 2.75) is 23.8 Å². The van der Waals surface area contributed by atoms with Crippen LogP contribution in [-0.2, 0) is 11.2 Å². The fraction of sp³-hybridized carbons (Fsp3) is 0.231. The van der Waals surface area contributed by atoms with Crippen LogP contribution < -0.4 is 5.56 Å². The molecule has 0 saturated heterocycles. The molecule has 6 nitrogen and oxygen atoms in total. The Hall–Kier alpha value is -2.22. The van der Waals surface area contributed by atoms with Gasteiger partial charge in [-0.2, -0.15) is 0 Å². The van der Waals surface area contributed by atoms with Gasteiger partial charge in [-0.25, -0.2) is 4.39 Å². The molecule has 1 heterocycles. The molecule has 8 heteroatoms. The molecule has 1 unspecified atom stereocenters. The Morgan fingerprint density at radius 2 is 2.05 bits per heavy atom. The van der Waals surface area contributed by atoms with Gasteiger partial charge in [-0.05, 0) is 24.6 Å². The summed E-state index contributed by atoms with van der Waals surface area (Å²) in [5.41, 5.74) is 0.485. The van der Waals surface area contributed by atoms with Crippen LogP contribution in [0.5, 0.6) is 0 Å². The van der Waals surface area contributed by atoms with Crippen LogP contribution in [0.25, 0.3) is 0 Å². The van der Waals surface area contributed by atoms with Gasteiger partial charge in [0.05, 0.1) is 0 Å². The molecule has 0 spiro atoms. The number of nitrogens with zero attached hydrogens (tertiary/aromatic N) is 2. The minimum atomic E-state index is -1.00. The maximum absolute atomic E-state index is 12.8. The zero-order chi connectivity index (χ0) is 15.4. The van der Waals surface area contributed by atoms with Gasteiger partial charge in [-0.3, -0.25) is 14.6 Å². The number of carboxylic acids is 1. The average molecular weight is 309 g/mol. The third kappa shape index (κ3) is 4.12. The van der Waals surface area contributed by atoms with Crippen molar-refractivity contribution in [2.75, 3.05) is 0 Å². The predicted molar refractivity (Wildman–Crippen MR) is 74.8 cm³/mol. The topological polar surface area (TPSA) is 95.9 Å². The first kappa shape index (κ1) is 15.2. The minimum Gasteiger partial charge on any atom is -0.480 e. The minimum absolute atomic E-state index is 0.151. The SMILES string of the molecule is CC(Sc1nnc(Cc2ccc(F)cc2)c(=O)[nH]1)C(=O)O. The summed E-state index contributed by atoms with van der Waals surface area (Å²) in [6.07, 6.45) is 0.224. The number of H-pyrrole nitrogens is 1. The van der Waals surface area contributed by atoms with Crippen LogP contribution in [0, 0.1) is 5.82 Å². The van der Waals surface area contributed by atoms with Gasteiger partial charge in [0.15, 0.2) is 5.16 Å². The van der Waals surface area contributed by atoms with Gasteiger partial charge in [0.2, 0.25) is 0 Å². The molecule has 110 valence electrons. The first-order valence-corrected chi connectivity index (χ1v) is 6.93. The highest BCUT2D eigenvalue weighted by molar-refractivity contribution is 8.00. The number of halogens is 1. The summed E-state index contributed by atoms with van der Waals surface area (Å²) >= 11 is 0.905. The van der Waals surface area contributed by atoms with Crippen molar-refractivity contribution >= 4 is 17.7 Å². The van der Waals surface area contributed by atoms with Gasteiger partial charge in [0, 0.05) is 6.42 Å². The van der Waals surface area contributed by atoms with Crippen LogP contribution in [0.2, 0.25) is 0 Å². The zero-order valence-corrected chi connectivity index (χ0v) is 11.9. The normalized spacial score (nSPS) is 12.1. The van der Waals surface area contributed by atoms with Crippen molar-refractivity contribution in [1.29, 1.82) is 0 Å². The third-order valence-electron chi connectivity index (χ3n) is 2.67. The number of thioether (sulfide) groups is 1. The number of rotatable bonds is 5. The predicted octanol–water partition coefficient (Wildman–Crippen LogP) is 1.46. The maximum atomic E-state index is 12.8. The monoisotopic (exact) mass is 309 g/mol. The van der Waals surface area contributed by atoms with Crippen molar-refractivity contribution in [3.8, 4) is 0 Å². The van der Waals surface area contributed by atoms with E-state index in [1.54, 1.807) is 12.1 Å². The molecule has 0 saturated carbocycles. The number of hydrogen-bond acceptors (Lipinski definition) is 5. The number of carboxylic acid groups (broad SMARTS) is 1. The summed E-state index contributed by atoms with van der Waals surface area (Å²) in [5.74, 6) is -1.36. The number of aromatic amines is 1. The van der Waals surface area contributed by atoms with Crippen molar-refractivity contribution in [3.63, 3.8) is 0 Å². The highest BCUT2D eigenvalue weighted by Gasteiger charge is 2.15. The second kappa shape index (κ2) is 6.49.